The zero-order chi connectivity index (χ0) is 13.0. The Labute approximate surface area is 107 Å². The molecular formula is C14H23NOS. The molecule has 1 N–H and O–H groups in total. The molecule has 0 heterocycles. The van der Waals surface area contributed by atoms with E-state index in [0.717, 1.165) is 16.9 Å². The fourth-order valence-corrected chi connectivity index (χ4v) is 3.75. The van der Waals surface area contributed by atoms with Crippen LogP contribution in [0.3, 0.4) is 0 Å². The van der Waals surface area contributed by atoms with Gasteiger partial charge in [-0.1, -0.05) is 24.6 Å². The van der Waals surface area contributed by atoms with E-state index in [0.29, 0.717) is 6.04 Å². The highest BCUT2D eigenvalue weighted by molar-refractivity contribution is 7.85. The minimum atomic E-state index is -0.940. The Kier molecular flexibility index (Phi) is 5.34. The fraction of sp³-hybridized carbons (Fsp3) is 0.571. The predicted molar refractivity (Wildman–Crippen MR) is 74.9 cm³/mol. The number of aryl methyl sites for hydroxylation is 2. The van der Waals surface area contributed by atoms with Gasteiger partial charge < -0.3 is 5.32 Å². The lowest BCUT2D eigenvalue weighted by atomic mass is 10.1. The first-order valence-electron chi connectivity index (χ1n) is 6.16. The van der Waals surface area contributed by atoms with E-state index in [4.69, 9.17) is 0 Å². The molecule has 96 valence electrons. The van der Waals surface area contributed by atoms with Crippen molar-refractivity contribution in [3.63, 3.8) is 0 Å². The van der Waals surface area contributed by atoms with Crippen molar-refractivity contribution in [2.24, 2.45) is 0 Å². The molecule has 0 radical (unpaired) electrons. The highest BCUT2D eigenvalue weighted by atomic mass is 32.2. The first-order chi connectivity index (χ1) is 8.01. The second kappa shape index (κ2) is 6.31. The van der Waals surface area contributed by atoms with Gasteiger partial charge in [-0.05, 0) is 45.9 Å². The Morgan fingerprint density at radius 2 is 2.00 bits per heavy atom. The highest BCUT2D eigenvalue weighted by Gasteiger charge is 2.22. The molecule has 0 aliphatic carbocycles. The molecule has 0 fully saturated rings. The molecule has 0 aromatic heterocycles. The van der Waals surface area contributed by atoms with Crippen LogP contribution in [-0.4, -0.2) is 22.5 Å². The number of benzene rings is 1. The summed E-state index contributed by atoms with van der Waals surface area (Å²) >= 11 is 0. The SMILES string of the molecule is CCC(NC)C(C)S(=O)c1ccc(C)cc1C. The van der Waals surface area contributed by atoms with E-state index in [-0.39, 0.29) is 5.25 Å². The van der Waals surface area contributed by atoms with Crippen LogP contribution in [0, 0.1) is 13.8 Å². The molecule has 0 bridgehead atoms. The van der Waals surface area contributed by atoms with Crippen molar-refractivity contribution in [2.75, 3.05) is 7.05 Å². The van der Waals surface area contributed by atoms with E-state index in [1.54, 1.807) is 0 Å². The van der Waals surface area contributed by atoms with Crippen molar-refractivity contribution < 1.29 is 4.21 Å². The third kappa shape index (κ3) is 3.39. The molecule has 17 heavy (non-hydrogen) atoms. The normalized spacial score (nSPS) is 16.5. The van der Waals surface area contributed by atoms with Crippen molar-refractivity contribution >= 4 is 10.8 Å². The van der Waals surface area contributed by atoms with Crippen LogP contribution in [0.5, 0.6) is 0 Å². The van der Waals surface area contributed by atoms with Gasteiger partial charge >= 0.3 is 0 Å². The van der Waals surface area contributed by atoms with Gasteiger partial charge in [-0.3, -0.25) is 4.21 Å². The number of rotatable bonds is 5. The minimum Gasteiger partial charge on any atom is -0.316 e. The fourth-order valence-electron chi connectivity index (χ4n) is 2.15. The lowest BCUT2D eigenvalue weighted by Gasteiger charge is -2.22. The summed E-state index contributed by atoms with van der Waals surface area (Å²) in [6.45, 7) is 8.27. The maximum absolute atomic E-state index is 12.5. The molecule has 3 heteroatoms. The Bertz CT molecular complexity index is 399. The van der Waals surface area contributed by atoms with Crippen LogP contribution in [0.2, 0.25) is 0 Å². The van der Waals surface area contributed by atoms with Crippen LogP contribution >= 0.6 is 0 Å². The van der Waals surface area contributed by atoms with Crippen LogP contribution < -0.4 is 5.32 Å². The summed E-state index contributed by atoms with van der Waals surface area (Å²) in [6, 6.07) is 6.43. The summed E-state index contributed by atoms with van der Waals surface area (Å²) in [5, 5.41) is 3.37. The van der Waals surface area contributed by atoms with E-state index in [9.17, 15) is 4.21 Å². The van der Waals surface area contributed by atoms with E-state index in [2.05, 4.69) is 32.2 Å². The Morgan fingerprint density at radius 1 is 1.35 bits per heavy atom. The maximum Gasteiger partial charge on any atom is 0.0576 e. The van der Waals surface area contributed by atoms with Crippen molar-refractivity contribution in [1.29, 1.82) is 0 Å². The lowest BCUT2D eigenvalue weighted by molar-refractivity contribution is 0.529. The van der Waals surface area contributed by atoms with E-state index >= 15 is 0 Å². The van der Waals surface area contributed by atoms with E-state index < -0.39 is 10.8 Å². The van der Waals surface area contributed by atoms with Crippen LogP contribution in [0.15, 0.2) is 23.1 Å². The van der Waals surface area contributed by atoms with Crippen LogP contribution in [-0.2, 0) is 10.8 Å². The zero-order valence-corrected chi connectivity index (χ0v) is 12.2. The quantitative estimate of drug-likeness (QED) is 0.874. The Balaban J connectivity index is 2.96. The first kappa shape index (κ1) is 14.4. The molecule has 1 aromatic carbocycles. The van der Waals surface area contributed by atoms with Crippen molar-refractivity contribution in [1.82, 2.24) is 5.32 Å². The summed E-state index contributed by atoms with van der Waals surface area (Å²) in [6.07, 6.45) is 0.994. The Hall–Kier alpha value is -0.670. The topological polar surface area (TPSA) is 29.1 Å². The average molecular weight is 253 g/mol. The van der Waals surface area contributed by atoms with Gasteiger partial charge in [-0.25, -0.2) is 0 Å². The van der Waals surface area contributed by atoms with Crippen molar-refractivity contribution in [3.05, 3.63) is 29.3 Å². The summed E-state index contributed by atoms with van der Waals surface area (Å²) in [5.41, 5.74) is 2.35. The molecule has 2 nitrogen and oxygen atoms in total. The molecular weight excluding hydrogens is 230 g/mol. The molecule has 0 spiro atoms. The number of nitrogens with one attached hydrogen (secondary N) is 1. The second-order valence-electron chi connectivity index (χ2n) is 4.57. The maximum atomic E-state index is 12.5. The van der Waals surface area contributed by atoms with E-state index in [1.165, 1.54) is 5.56 Å². The van der Waals surface area contributed by atoms with Crippen molar-refractivity contribution in [3.8, 4) is 0 Å². The number of hydrogen-bond acceptors (Lipinski definition) is 2. The van der Waals surface area contributed by atoms with Gasteiger partial charge in [0.1, 0.15) is 0 Å². The van der Waals surface area contributed by atoms with E-state index in [1.807, 2.05) is 26.1 Å². The van der Waals surface area contributed by atoms with Gasteiger partial charge in [0.05, 0.1) is 16.0 Å². The van der Waals surface area contributed by atoms with Crippen molar-refractivity contribution in [2.45, 2.75) is 50.3 Å². The lowest BCUT2D eigenvalue weighted by Crippen LogP contribution is -2.37. The predicted octanol–water partition coefficient (Wildman–Crippen LogP) is 2.80. The molecule has 0 aliphatic heterocycles. The molecule has 0 aliphatic rings. The van der Waals surface area contributed by atoms with Gasteiger partial charge in [-0.15, -0.1) is 0 Å². The van der Waals surface area contributed by atoms with Gasteiger partial charge in [0, 0.05) is 10.9 Å². The number of hydrogen-bond donors (Lipinski definition) is 1. The molecule has 1 aromatic rings. The smallest absolute Gasteiger partial charge is 0.0576 e. The first-order valence-corrected chi connectivity index (χ1v) is 7.37. The summed E-state index contributed by atoms with van der Waals surface area (Å²) in [7, 11) is 0.994. The summed E-state index contributed by atoms with van der Waals surface area (Å²) in [4.78, 5) is 0.969. The van der Waals surface area contributed by atoms with Gasteiger partial charge in [-0.2, -0.15) is 0 Å². The highest BCUT2D eigenvalue weighted by Crippen LogP contribution is 2.20. The molecule has 0 saturated heterocycles. The van der Waals surface area contributed by atoms with Gasteiger partial charge in [0.15, 0.2) is 0 Å². The van der Waals surface area contributed by atoms with Gasteiger partial charge in [0.25, 0.3) is 0 Å². The minimum absolute atomic E-state index is 0.131. The van der Waals surface area contributed by atoms with Crippen LogP contribution in [0.1, 0.15) is 31.4 Å². The summed E-state index contributed by atoms with van der Waals surface area (Å²) < 4.78 is 12.5. The standard InChI is InChI=1S/C14H23NOS/c1-6-13(15-5)12(4)17(16)14-8-7-10(2)9-11(14)3/h7-9,12-13,15H,6H2,1-5H3. The largest absolute Gasteiger partial charge is 0.316 e. The molecule has 1 rings (SSSR count). The second-order valence-corrected chi connectivity index (χ2v) is 6.35. The molecule has 0 saturated carbocycles. The van der Waals surface area contributed by atoms with Crippen LogP contribution in [0.25, 0.3) is 0 Å². The molecule has 3 unspecified atom stereocenters. The van der Waals surface area contributed by atoms with Gasteiger partial charge in [0.2, 0.25) is 0 Å². The van der Waals surface area contributed by atoms with Crippen LogP contribution in [0.4, 0.5) is 0 Å². The average Bonchev–Trinajstić information content (AvgIpc) is 2.29. The summed E-state index contributed by atoms with van der Waals surface area (Å²) in [5.74, 6) is 0. The molecule has 3 atom stereocenters. The molecule has 0 amide bonds. The Morgan fingerprint density at radius 3 is 2.47 bits per heavy atom. The third-order valence-corrected chi connectivity index (χ3v) is 5.16. The monoisotopic (exact) mass is 253 g/mol. The zero-order valence-electron chi connectivity index (χ0n) is 11.4. The third-order valence-electron chi connectivity index (χ3n) is 3.26.